The lowest BCUT2D eigenvalue weighted by Crippen LogP contribution is -2.41. The number of hydrogen-bond acceptors (Lipinski definition) is 3. The van der Waals surface area contributed by atoms with Crippen molar-refractivity contribution in [2.75, 3.05) is 33.4 Å². The molecular formula is C14H22NOS2+. The lowest BCUT2D eigenvalue weighted by atomic mass is 9.95. The molecule has 1 aromatic heterocycles. The van der Waals surface area contributed by atoms with E-state index in [1.807, 2.05) is 23.1 Å². The largest absolute Gasteiger partial charge is 0.330 e. The highest BCUT2D eigenvalue weighted by Crippen LogP contribution is 2.38. The van der Waals surface area contributed by atoms with Gasteiger partial charge >= 0.3 is 0 Å². The van der Waals surface area contributed by atoms with Crippen LogP contribution in [0.5, 0.6) is 0 Å². The number of hydrogen-bond donors (Lipinski definition) is 0. The molecule has 18 heavy (non-hydrogen) atoms. The van der Waals surface area contributed by atoms with Gasteiger partial charge in [-0.1, -0.05) is 6.92 Å². The van der Waals surface area contributed by atoms with Gasteiger partial charge in [-0.05, 0) is 24.7 Å². The minimum atomic E-state index is 0.193. The number of quaternary nitrogens is 1. The number of rotatable bonds is 3. The Kier molecular flexibility index (Phi) is 4.19. The standard InChI is InChI=1S/C14H22NOS2/c1-5-11-8-12-13(16)10(9-15(2,3)4)6-7-17-14(12)18-11/h8,10H,5-7,9H2,1-4H3/q+1. The minimum Gasteiger partial charge on any atom is -0.330 e. The van der Waals surface area contributed by atoms with E-state index in [1.165, 1.54) is 9.09 Å². The highest BCUT2D eigenvalue weighted by atomic mass is 32.2. The van der Waals surface area contributed by atoms with Gasteiger partial charge in [0.1, 0.15) is 0 Å². The normalized spacial score (nSPS) is 20.7. The Morgan fingerprint density at radius 2 is 2.11 bits per heavy atom. The summed E-state index contributed by atoms with van der Waals surface area (Å²) in [4.78, 5) is 14.0. The van der Waals surface area contributed by atoms with Crippen LogP contribution in [0.1, 0.15) is 28.6 Å². The molecule has 4 heteroatoms. The zero-order valence-electron chi connectivity index (χ0n) is 11.7. The van der Waals surface area contributed by atoms with E-state index in [1.54, 1.807) is 0 Å². The predicted octanol–water partition coefficient (Wildman–Crippen LogP) is 3.31. The van der Waals surface area contributed by atoms with E-state index >= 15 is 0 Å². The molecule has 0 bridgehead atoms. The average molecular weight is 284 g/mol. The molecule has 1 aliphatic heterocycles. The highest BCUT2D eigenvalue weighted by Gasteiger charge is 2.31. The van der Waals surface area contributed by atoms with Crippen molar-refractivity contribution in [3.63, 3.8) is 0 Å². The van der Waals surface area contributed by atoms with Crippen LogP contribution in [0, 0.1) is 5.92 Å². The summed E-state index contributed by atoms with van der Waals surface area (Å²) in [6.45, 7) is 3.10. The molecule has 2 heterocycles. The summed E-state index contributed by atoms with van der Waals surface area (Å²) in [5.74, 6) is 1.64. The van der Waals surface area contributed by atoms with Crippen molar-refractivity contribution in [1.82, 2.24) is 0 Å². The molecule has 0 aliphatic carbocycles. The number of nitrogens with zero attached hydrogens (tertiary/aromatic N) is 1. The highest BCUT2D eigenvalue weighted by molar-refractivity contribution is 8.01. The van der Waals surface area contributed by atoms with Crippen LogP contribution in [0.2, 0.25) is 0 Å². The second kappa shape index (κ2) is 5.35. The fraction of sp³-hybridized carbons (Fsp3) is 0.643. The first-order valence-corrected chi connectivity index (χ1v) is 8.31. The van der Waals surface area contributed by atoms with Gasteiger partial charge in [-0.2, -0.15) is 0 Å². The van der Waals surface area contributed by atoms with Crippen LogP contribution >= 0.6 is 23.1 Å². The Hall–Kier alpha value is -0.320. The van der Waals surface area contributed by atoms with Gasteiger partial charge in [0.25, 0.3) is 0 Å². The third-order valence-corrected chi connectivity index (χ3v) is 5.80. The summed E-state index contributed by atoms with van der Waals surface area (Å²) in [6, 6.07) is 2.13. The van der Waals surface area contributed by atoms with E-state index in [4.69, 9.17) is 0 Å². The van der Waals surface area contributed by atoms with Gasteiger partial charge in [0.2, 0.25) is 0 Å². The van der Waals surface area contributed by atoms with Crippen molar-refractivity contribution in [1.29, 1.82) is 0 Å². The number of carbonyl (C=O) groups is 1. The van der Waals surface area contributed by atoms with Crippen LogP contribution in [0.3, 0.4) is 0 Å². The SMILES string of the molecule is CCc1cc2c(s1)SCCC(C[N+](C)(C)C)C2=O. The Morgan fingerprint density at radius 3 is 2.72 bits per heavy atom. The molecule has 100 valence electrons. The van der Waals surface area contributed by atoms with Gasteiger partial charge in [0, 0.05) is 10.4 Å². The lowest BCUT2D eigenvalue weighted by Gasteiger charge is -2.27. The van der Waals surface area contributed by atoms with Crippen molar-refractivity contribution in [2.45, 2.75) is 24.0 Å². The van der Waals surface area contributed by atoms with Gasteiger partial charge < -0.3 is 4.48 Å². The average Bonchev–Trinajstić information content (AvgIpc) is 2.63. The number of ketones is 1. The molecule has 0 spiro atoms. The quantitative estimate of drug-likeness (QED) is 0.792. The Labute approximate surface area is 118 Å². The lowest BCUT2D eigenvalue weighted by molar-refractivity contribution is -0.872. The van der Waals surface area contributed by atoms with E-state index in [-0.39, 0.29) is 5.92 Å². The molecule has 0 saturated heterocycles. The first-order chi connectivity index (χ1) is 8.40. The third-order valence-electron chi connectivity index (χ3n) is 3.20. The second-order valence-corrected chi connectivity index (χ2v) is 8.44. The zero-order valence-corrected chi connectivity index (χ0v) is 13.3. The molecule has 0 amide bonds. The van der Waals surface area contributed by atoms with Crippen LogP contribution in [0.15, 0.2) is 10.3 Å². The van der Waals surface area contributed by atoms with Gasteiger partial charge in [0.15, 0.2) is 5.78 Å². The maximum absolute atomic E-state index is 12.6. The summed E-state index contributed by atoms with van der Waals surface area (Å²) < 4.78 is 2.11. The zero-order chi connectivity index (χ0) is 13.3. The number of carbonyl (C=O) groups excluding carboxylic acids is 1. The molecule has 0 fully saturated rings. The Balaban J connectivity index is 2.25. The fourth-order valence-corrected chi connectivity index (χ4v) is 4.90. The molecular weight excluding hydrogens is 262 g/mol. The topological polar surface area (TPSA) is 17.1 Å². The number of thioether (sulfide) groups is 1. The van der Waals surface area contributed by atoms with E-state index in [2.05, 4.69) is 34.1 Å². The first-order valence-electron chi connectivity index (χ1n) is 6.51. The van der Waals surface area contributed by atoms with Gasteiger partial charge in [-0.15, -0.1) is 23.1 Å². The fourth-order valence-electron chi connectivity index (χ4n) is 2.36. The monoisotopic (exact) mass is 284 g/mol. The summed E-state index contributed by atoms with van der Waals surface area (Å²) in [6.07, 6.45) is 2.05. The molecule has 0 aromatic carbocycles. The maximum atomic E-state index is 12.6. The Morgan fingerprint density at radius 1 is 1.39 bits per heavy atom. The van der Waals surface area contributed by atoms with E-state index < -0.39 is 0 Å². The molecule has 0 N–H and O–H groups in total. The van der Waals surface area contributed by atoms with Crippen molar-refractivity contribution in [3.8, 4) is 0 Å². The minimum absolute atomic E-state index is 0.193. The van der Waals surface area contributed by atoms with Crippen molar-refractivity contribution >= 4 is 28.9 Å². The van der Waals surface area contributed by atoms with Crippen LogP contribution < -0.4 is 0 Å². The predicted molar refractivity (Wildman–Crippen MR) is 79.8 cm³/mol. The molecule has 1 aromatic rings. The molecule has 0 radical (unpaired) electrons. The van der Waals surface area contributed by atoms with Crippen LogP contribution in [-0.2, 0) is 6.42 Å². The summed E-state index contributed by atoms with van der Waals surface area (Å²) in [5, 5.41) is 0. The van der Waals surface area contributed by atoms with Gasteiger partial charge in [-0.3, -0.25) is 4.79 Å². The van der Waals surface area contributed by atoms with E-state index in [0.29, 0.717) is 5.78 Å². The third kappa shape index (κ3) is 3.16. The number of fused-ring (bicyclic) bond motifs is 1. The molecule has 1 aliphatic rings. The smallest absolute Gasteiger partial charge is 0.173 e. The maximum Gasteiger partial charge on any atom is 0.173 e. The van der Waals surface area contributed by atoms with Crippen LogP contribution in [0.25, 0.3) is 0 Å². The number of aryl methyl sites for hydroxylation is 1. The summed E-state index contributed by atoms with van der Waals surface area (Å²) in [5.41, 5.74) is 0.998. The van der Waals surface area contributed by atoms with Gasteiger partial charge in [-0.25, -0.2) is 0 Å². The summed E-state index contributed by atoms with van der Waals surface area (Å²) in [7, 11) is 6.49. The second-order valence-electron chi connectivity index (χ2n) is 5.94. The molecule has 1 unspecified atom stereocenters. The molecule has 0 saturated carbocycles. The van der Waals surface area contributed by atoms with Gasteiger partial charge in [0.05, 0.1) is 37.8 Å². The number of Topliss-reactive ketones (excluding diaryl/α,β-unsaturated/α-hetero) is 1. The molecule has 2 rings (SSSR count). The van der Waals surface area contributed by atoms with E-state index in [9.17, 15) is 4.79 Å². The molecule has 1 atom stereocenters. The first kappa shape index (κ1) is 14.1. The van der Waals surface area contributed by atoms with Crippen molar-refractivity contribution in [2.24, 2.45) is 5.92 Å². The van der Waals surface area contributed by atoms with Crippen molar-refractivity contribution < 1.29 is 9.28 Å². The van der Waals surface area contributed by atoms with Crippen LogP contribution in [0.4, 0.5) is 0 Å². The Bertz CT molecular complexity index is 445. The van der Waals surface area contributed by atoms with E-state index in [0.717, 1.165) is 35.2 Å². The number of thiophene rings is 1. The van der Waals surface area contributed by atoms with Crippen molar-refractivity contribution in [3.05, 3.63) is 16.5 Å². The summed E-state index contributed by atoms with van der Waals surface area (Å²) >= 11 is 3.68. The molecule has 2 nitrogen and oxygen atoms in total. The van der Waals surface area contributed by atoms with Crippen LogP contribution in [-0.4, -0.2) is 43.7 Å².